The van der Waals surface area contributed by atoms with Gasteiger partial charge in [0.1, 0.15) is 11.4 Å². The number of rotatable bonds is 4. The minimum absolute atomic E-state index is 0.0532. The molecule has 1 heterocycles. The lowest BCUT2D eigenvalue weighted by Crippen LogP contribution is -2.28. The number of hydrogen-bond donors (Lipinski definition) is 2. The maximum Gasteiger partial charge on any atom is 0.192 e. The molecule has 5 nitrogen and oxygen atoms in total. The van der Waals surface area contributed by atoms with Gasteiger partial charge in [0.25, 0.3) is 0 Å². The predicted molar refractivity (Wildman–Crippen MR) is 61.7 cm³/mol. The highest BCUT2D eigenvalue weighted by molar-refractivity contribution is 5.97. The molecule has 0 fully saturated rings. The van der Waals surface area contributed by atoms with Gasteiger partial charge >= 0.3 is 0 Å². The van der Waals surface area contributed by atoms with Crippen molar-refractivity contribution in [2.24, 2.45) is 10.9 Å². The third-order valence-electron chi connectivity index (χ3n) is 2.36. The maximum atomic E-state index is 8.64. The molecule has 1 rings (SSSR count). The molecule has 0 aliphatic rings. The molecule has 0 bridgehead atoms. The molecule has 5 heteroatoms. The zero-order valence-corrected chi connectivity index (χ0v) is 9.77. The van der Waals surface area contributed by atoms with Gasteiger partial charge in [-0.2, -0.15) is 0 Å². The molecule has 3 N–H and O–H groups in total. The normalized spacial score (nSPS) is 12.6. The van der Waals surface area contributed by atoms with E-state index in [1.165, 1.54) is 0 Å². The fourth-order valence-electron chi connectivity index (χ4n) is 1.08. The van der Waals surface area contributed by atoms with Gasteiger partial charge in [-0.25, -0.2) is 4.98 Å². The van der Waals surface area contributed by atoms with Gasteiger partial charge in [-0.15, -0.1) is 0 Å². The third-order valence-corrected chi connectivity index (χ3v) is 2.36. The van der Waals surface area contributed by atoms with Crippen molar-refractivity contribution in [2.45, 2.75) is 32.8 Å². The first kappa shape index (κ1) is 12.3. The fourth-order valence-corrected chi connectivity index (χ4v) is 1.08. The van der Waals surface area contributed by atoms with Crippen LogP contribution in [-0.4, -0.2) is 21.6 Å². The van der Waals surface area contributed by atoms with E-state index < -0.39 is 0 Å². The summed E-state index contributed by atoms with van der Waals surface area (Å²) in [6, 6.07) is 3.49. The van der Waals surface area contributed by atoms with Crippen LogP contribution in [0.2, 0.25) is 0 Å². The van der Waals surface area contributed by atoms with Crippen molar-refractivity contribution >= 4 is 5.84 Å². The second-order valence-corrected chi connectivity index (χ2v) is 4.05. The zero-order valence-electron chi connectivity index (χ0n) is 9.77. The molecular formula is C11H17N3O2. The fraction of sp³-hybridized carbons (Fsp3) is 0.455. The van der Waals surface area contributed by atoms with Gasteiger partial charge in [-0.3, -0.25) is 0 Å². The van der Waals surface area contributed by atoms with E-state index in [-0.39, 0.29) is 11.4 Å². The van der Waals surface area contributed by atoms with Crippen LogP contribution in [0, 0.1) is 0 Å². The molecule has 0 saturated carbocycles. The number of aromatic nitrogens is 1. The molecule has 16 heavy (non-hydrogen) atoms. The first-order valence-corrected chi connectivity index (χ1v) is 5.12. The zero-order chi connectivity index (χ0) is 12.2. The summed E-state index contributed by atoms with van der Waals surface area (Å²) < 4.78 is 5.77. The van der Waals surface area contributed by atoms with Crippen molar-refractivity contribution in [1.29, 1.82) is 0 Å². The lowest BCUT2D eigenvalue weighted by molar-refractivity contribution is 0.104. The van der Waals surface area contributed by atoms with Crippen LogP contribution in [0.1, 0.15) is 32.9 Å². The Morgan fingerprint density at radius 1 is 1.62 bits per heavy atom. The van der Waals surface area contributed by atoms with Crippen molar-refractivity contribution in [3.63, 3.8) is 0 Å². The van der Waals surface area contributed by atoms with Gasteiger partial charge in [0.2, 0.25) is 0 Å². The summed E-state index contributed by atoms with van der Waals surface area (Å²) in [5, 5.41) is 11.6. The number of hydrogen-bond acceptors (Lipinski definition) is 4. The number of nitrogens with two attached hydrogens (primary N) is 1. The second-order valence-electron chi connectivity index (χ2n) is 4.05. The van der Waals surface area contributed by atoms with E-state index in [9.17, 15) is 0 Å². The highest BCUT2D eigenvalue weighted by Crippen LogP contribution is 2.23. The number of amidine groups is 1. The topological polar surface area (TPSA) is 80.7 Å². The summed E-state index contributed by atoms with van der Waals surface area (Å²) in [4.78, 5) is 4.03. The summed E-state index contributed by atoms with van der Waals surface area (Å²) >= 11 is 0. The highest BCUT2D eigenvalue weighted by atomic mass is 16.5. The minimum Gasteiger partial charge on any atom is -0.485 e. The Balaban J connectivity index is 3.05. The predicted octanol–water partition coefficient (Wildman–Crippen LogP) is 1.74. The van der Waals surface area contributed by atoms with E-state index in [2.05, 4.69) is 10.1 Å². The van der Waals surface area contributed by atoms with Crippen LogP contribution in [0.15, 0.2) is 23.5 Å². The van der Waals surface area contributed by atoms with Gasteiger partial charge in [0.15, 0.2) is 11.5 Å². The summed E-state index contributed by atoms with van der Waals surface area (Å²) in [6.45, 7) is 5.96. The number of pyridine rings is 1. The number of oxime groups is 1. The summed E-state index contributed by atoms with van der Waals surface area (Å²) in [7, 11) is 0. The van der Waals surface area contributed by atoms with Gasteiger partial charge in [0, 0.05) is 6.20 Å². The quantitative estimate of drug-likeness (QED) is 0.352. The number of ether oxygens (including phenoxy) is 1. The average molecular weight is 223 g/mol. The molecule has 0 saturated heterocycles. The monoisotopic (exact) mass is 223 g/mol. The Morgan fingerprint density at radius 3 is 2.88 bits per heavy atom. The molecule has 0 unspecified atom stereocenters. The SMILES string of the molecule is CCC(C)(C)Oc1cccnc1/C(N)=N/O. The molecule has 0 aromatic carbocycles. The lowest BCUT2D eigenvalue weighted by atomic mass is 10.1. The number of nitrogens with zero attached hydrogens (tertiary/aromatic N) is 2. The van der Waals surface area contributed by atoms with Crippen molar-refractivity contribution in [3.8, 4) is 5.75 Å². The van der Waals surface area contributed by atoms with Crippen molar-refractivity contribution < 1.29 is 9.94 Å². The van der Waals surface area contributed by atoms with E-state index in [1.54, 1.807) is 18.3 Å². The van der Waals surface area contributed by atoms with Crippen LogP contribution in [0.3, 0.4) is 0 Å². The second kappa shape index (κ2) is 4.83. The van der Waals surface area contributed by atoms with Gasteiger partial charge in [-0.05, 0) is 32.4 Å². The summed E-state index contributed by atoms with van der Waals surface area (Å²) in [5.41, 5.74) is 5.55. The van der Waals surface area contributed by atoms with Crippen molar-refractivity contribution in [1.82, 2.24) is 4.98 Å². The Kier molecular flexibility index (Phi) is 3.71. The van der Waals surface area contributed by atoms with E-state index >= 15 is 0 Å². The molecule has 0 atom stereocenters. The van der Waals surface area contributed by atoms with E-state index in [0.29, 0.717) is 11.4 Å². The molecule has 88 valence electrons. The Labute approximate surface area is 94.9 Å². The van der Waals surface area contributed by atoms with Crippen LogP contribution in [-0.2, 0) is 0 Å². The maximum absolute atomic E-state index is 8.64. The van der Waals surface area contributed by atoms with E-state index in [1.807, 2.05) is 20.8 Å². The lowest BCUT2D eigenvalue weighted by Gasteiger charge is -2.25. The van der Waals surface area contributed by atoms with Crippen LogP contribution in [0.4, 0.5) is 0 Å². The minimum atomic E-state index is -0.312. The molecule has 0 spiro atoms. The first-order chi connectivity index (χ1) is 7.50. The average Bonchev–Trinajstić information content (AvgIpc) is 2.28. The van der Waals surface area contributed by atoms with Crippen LogP contribution in [0.5, 0.6) is 5.75 Å². The Bertz CT molecular complexity index is 389. The Morgan fingerprint density at radius 2 is 2.31 bits per heavy atom. The van der Waals surface area contributed by atoms with Crippen LogP contribution >= 0.6 is 0 Å². The van der Waals surface area contributed by atoms with E-state index in [0.717, 1.165) is 6.42 Å². The van der Waals surface area contributed by atoms with Crippen molar-refractivity contribution in [2.75, 3.05) is 0 Å². The molecule has 0 aliphatic heterocycles. The molecule has 0 radical (unpaired) electrons. The third kappa shape index (κ3) is 2.85. The molecule has 0 aliphatic carbocycles. The van der Waals surface area contributed by atoms with Gasteiger partial charge in [0.05, 0.1) is 0 Å². The highest BCUT2D eigenvalue weighted by Gasteiger charge is 2.20. The first-order valence-electron chi connectivity index (χ1n) is 5.12. The molecule has 0 amide bonds. The largest absolute Gasteiger partial charge is 0.485 e. The summed E-state index contributed by atoms with van der Waals surface area (Å²) in [6.07, 6.45) is 2.41. The van der Waals surface area contributed by atoms with Crippen molar-refractivity contribution in [3.05, 3.63) is 24.0 Å². The standard InChI is InChI=1S/C11H17N3O2/c1-4-11(2,3)16-8-6-5-7-13-9(8)10(12)14-15/h5-7,15H,4H2,1-3H3,(H2,12,14). The van der Waals surface area contributed by atoms with Gasteiger partial charge < -0.3 is 15.7 Å². The van der Waals surface area contributed by atoms with Gasteiger partial charge in [-0.1, -0.05) is 12.1 Å². The summed E-state index contributed by atoms with van der Waals surface area (Å²) in [5.74, 6) is 0.465. The van der Waals surface area contributed by atoms with Crippen LogP contribution in [0.25, 0.3) is 0 Å². The molecule has 1 aromatic rings. The smallest absolute Gasteiger partial charge is 0.192 e. The Hall–Kier alpha value is -1.78. The van der Waals surface area contributed by atoms with E-state index in [4.69, 9.17) is 15.7 Å². The molecule has 1 aromatic heterocycles. The molecular weight excluding hydrogens is 206 g/mol. The van der Waals surface area contributed by atoms with Crippen LogP contribution < -0.4 is 10.5 Å².